The second-order valence-corrected chi connectivity index (χ2v) is 6.47. The van der Waals surface area contributed by atoms with Gasteiger partial charge in [0.25, 0.3) is 0 Å². The predicted molar refractivity (Wildman–Crippen MR) is 81.7 cm³/mol. The fourth-order valence-corrected chi connectivity index (χ4v) is 3.31. The molecule has 1 atom stereocenters. The van der Waals surface area contributed by atoms with Gasteiger partial charge in [-0.3, -0.25) is 4.90 Å². The molecule has 0 saturated carbocycles. The van der Waals surface area contributed by atoms with Gasteiger partial charge in [-0.25, -0.2) is 4.39 Å². The van der Waals surface area contributed by atoms with E-state index in [2.05, 4.69) is 22.0 Å². The normalized spacial score (nSPS) is 17.9. The smallest absolute Gasteiger partial charge is 0.244 e. The van der Waals surface area contributed by atoms with Crippen LogP contribution in [0, 0.1) is 12.7 Å². The zero-order valence-corrected chi connectivity index (χ0v) is 13.0. The van der Waals surface area contributed by atoms with Crippen molar-refractivity contribution in [2.24, 2.45) is 0 Å². The Balaban J connectivity index is 1.80. The highest BCUT2D eigenvalue weighted by Gasteiger charge is 2.23. The van der Waals surface area contributed by atoms with Gasteiger partial charge >= 0.3 is 0 Å². The molecule has 1 saturated heterocycles. The quantitative estimate of drug-likeness (QED) is 0.870. The summed E-state index contributed by atoms with van der Waals surface area (Å²) in [5.41, 5.74) is 1.26. The number of nitrogens with zero attached hydrogens (tertiary/aromatic N) is 3. The standard InChI is InChI=1S/C15H18FN3OS/c1-10-3-4-12(9-13(10)16)14-17-15(20-18-14)11(2)19-5-7-21-8-6-19/h3-4,9,11H,5-8H2,1-2H3. The van der Waals surface area contributed by atoms with Crippen LogP contribution in [0.1, 0.15) is 24.4 Å². The van der Waals surface area contributed by atoms with Crippen molar-refractivity contribution >= 4 is 11.8 Å². The highest BCUT2D eigenvalue weighted by Crippen LogP contribution is 2.25. The topological polar surface area (TPSA) is 42.2 Å². The molecule has 4 nitrogen and oxygen atoms in total. The molecule has 0 aliphatic carbocycles. The van der Waals surface area contributed by atoms with E-state index >= 15 is 0 Å². The first-order chi connectivity index (χ1) is 10.1. The van der Waals surface area contributed by atoms with Gasteiger partial charge in [0.2, 0.25) is 11.7 Å². The molecular weight excluding hydrogens is 289 g/mol. The Hall–Kier alpha value is -1.40. The van der Waals surface area contributed by atoms with Crippen molar-refractivity contribution in [3.05, 3.63) is 35.5 Å². The van der Waals surface area contributed by atoms with Gasteiger partial charge in [0, 0.05) is 30.2 Å². The van der Waals surface area contributed by atoms with Crippen LogP contribution in [0.2, 0.25) is 0 Å². The zero-order valence-electron chi connectivity index (χ0n) is 12.2. The molecule has 112 valence electrons. The minimum Gasteiger partial charge on any atom is -0.337 e. The Kier molecular flexibility index (Phi) is 4.26. The number of hydrogen-bond acceptors (Lipinski definition) is 5. The van der Waals surface area contributed by atoms with Crippen molar-refractivity contribution in [3.8, 4) is 11.4 Å². The second kappa shape index (κ2) is 6.15. The number of hydrogen-bond donors (Lipinski definition) is 0. The second-order valence-electron chi connectivity index (χ2n) is 5.24. The van der Waals surface area contributed by atoms with E-state index in [0.717, 1.165) is 24.6 Å². The average Bonchev–Trinajstić information content (AvgIpc) is 3.00. The lowest BCUT2D eigenvalue weighted by Gasteiger charge is -2.29. The zero-order chi connectivity index (χ0) is 14.8. The number of halogens is 1. The van der Waals surface area contributed by atoms with Gasteiger partial charge in [0.15, 0.2) is 0 Å². The maximum absolute atomic E-state index is 13.6. The Bertz CT molecular complexity index is 625. The highest BCUT2D eigenvalue weighted by atomic mass is 32.2. The number of benzene rings is 1. The van der Waals surface area contributed by atoms with Gasteiger partial charge in [-0.2, -0.15) is 16.7 Å². The fraction of sp³-hybridized carbons (Fsp3) is 0.467. The van der Waals surface area contributed by atoms with Gasteiger partial charge in [-0.1, -0.05) is 17.3 Å². The van der Waals surface area contributed by atoms with Crippen LogP contribution >= 0.6 is 11.8 Å². The lowest BCUT2D eigenvalue weighted by Crippen LogP contribution is -2.34. The number of aromatic nitrogens is 2. The third kappa shape index (κ3) is 3.11. The molecule has 0 N–H and O–H groups in total. The fourth-order valence-electron chi connectivity index (χ4n) is 2.38. The molecule has 21 heavy (non-hydrogen) atoms. The van der Waals surface area contributed by atoms with Crippen molar-refractivity contribution in [2.75, 3.05) is 24.6 Å². The van der Waals surface area contributed by atoms with Crippen LogP contribution in [0.3, 0.4) is 0 Å². The van der Waals surface area contributed by atoms with Crippen LogP contribution < -0.4 is 0 Å². The molecule has 0 bridgehead atoms. The molecule has 0 spiro atoms. The predicted octanol–water partition coefficient (Wildman–Crippen LogP) is 3.29. The van der Waals surface area contributed by atoms with Crippen molar-refractivity contribution < 1.29 is 8.91 Å². The average molecular weight is 307 g/mol. The molecular formula is C15H18FN3OS. The van der Waals surface area contributed by atoms with E-state index in [1.807, 2.05) is 17.8 Å². The lowest BCUT2D eigenvalue weighted by molar-refractivity contribution is 0.189. The van der Waals surface area contributed by atoms with Gasteiger partial charge in [-0.15, -0.1) is 0 Å². The van der Waals surface area contributed by atoms with E-state index in [1.54, 1.807) is 13.0 Å². The Morgan fingerprint density at radius 1 is 1.33 bits per heavy atom. The van der Waals surface area contributed by atoms with Crippen LogP contribution in [-0.4, -0.2) is 39.6 Å². The summed E-state index contributed by atoms with van der Waals surface area (Å²) in [6, 6.07) is 5.09. The summed E-state index contributed by atoms with van der Waals surface area (Å²) in [5.74, 6) is 3.06. The first kappa shape index (κ1) is 14.5. The van der Waals surface area contributed by atoms with Crippen LogP contribution in [0.5, 0.6) is 0 Å². The monoisotopic (exact) mass is 307 g/mol. The summed E-state index contributed by atoms with van der Waals surface area (Å²) in [5, 5.41) is 3.99. The SMILES string of the molecule is Cc1ccc(-c2noc(C(C)N3CCSCC3)n2)cc1F. The summed E-state index contributed by atoms with van der Waals surface area (Å²) in [6.45, 7) is 5.87. The molecule has 1 aromatic carbocycles. The Morgan fingerprint density at radius 2 is 2.10 bits per heavy atom. The van der Waals surface area contributed by atoms with Crippen molar-refractivity contribution in [1.82, 2.24) is 15.0 Å². The molecule has 0 amide bonds. The minimum absolute atomic E-state index is 0.0995. The summed E-state index contributed by atoms with van der Waals surface area (Å²) in [6.07, 6.45) is 0. The third-order valence-corrected chi connectivity index (χ3v) is 4.77. The molecule has 3 rings (SSSR count). The minimum atomic E-state index is -0.250. The molecule has 1 fully saturated rings. The number of rotatable bonds is 3. The van der Waals surface area contributed by atoms with Gasteiger partial charge < -0.3 is 4.52 Å². The van der Waals surface area contributed by atoms with Crippen LogP contribution in [0.15, 0.2) is 22.7 Å². The van der Waals surface area contributed by atoms with Crippen LogP contribution in [0.4, 0.5) is 4.39 Å². The van der Waals surface area contributed by atoms with Crippen LogP contribution in [-0.2, 0) is 0 Å². The van der Waals surface area contributed by atoms with E-state index in [9.17, 15) is 4.39 Å². The van der Waals surface area contributed by atoms with Crippen molar-refractivity contribution in [2.45, 2.75) is 19.9 Å². The summed E-state index contributed by atoms with van der Waals surface area (Å²) < 4.78 is 19.0. The van der Waals surface area contributed by atoms with Crippen molar-refractivity contribution in [1.29, 1.82) is 0 Å². The molecule has 1 aliphatic heterocycles. The maximum Gasteiger partial charge on any atom is 0.244 e. The summed E-state index contributed by atoms with van der Waals surface area (Å²) in [7, 11) is 0. The highest BCUT2D eigenvalue weighted by molar-refractivity contribution is 7.99. The molecule has 0 radical (unpaired) electrons. The molecule has 1 aromatic heterocycles. The van der Waals surface area contributed by atoms with E-state index in [4.69, 9.17) is 4.52 Å². The first-order valence-corrected chi connectivity index (χ1v) is 8.22. The maximum atomic E-state index is 13.6. The van der Waals surface area contributed by atoms with Crippen LogP contribution in [0.25, 0.3) is 11.4 Å². The third-order valence-electron chi connectivity index (χ3n) is 3.82. The molecule has 1 aliphatic rings. The van der Waals surface area contributed by atoms with E-state index in [1.165, 1.54) is 6.07 Å². The summed E-state index contributed by atoms with van der Waals surface area (Å²) >= 11 is 1.97. The Labute approximate surface area is 127 Å². The largest absolute Gasteiger partial charge is 0.337 e. The summed E-state index contributed by atoms with van der Waals surface area (Å²) in [4.78, 5) is 6.77. The van der Waals surface area contributed by atoms with Gasteiger partial charge in [0.1, 0.15) is 5.82 Å². The first-order valence-electron chi connectivity index (χ1n) is 7.07. The van der Waals surface area contributed by atoms with Gasteiger partial charge in [-0.05, 0) is 25.5 Å². The molecule has 2 heterocycles. The Morgan fingerprint density at radius 3 is 2.81 bits per heavy atom. The van der Waals surface area contributed by atoms with Gasteiger partial charge in [0.05, 0.1) is 6.04 Å². The number of thioether (sulfide) groups is 1. The van der Waals surface area contributed by atoms with E-state index in [0.29, 0.717) is 22.8 Å². The molecule has 2 aromatic rings. The molecule has 6 heteroatoms. The van der Waals surface area contributed by atoms with E-state index < -0.39 is 0 Å². The van der Waals surface area contributed by atoms with E-state index in [-0.39, 0.29) is 11.9 Å². The number of aryl methyl sites for hydroxylation is 1. The lowest BCUT2D eigenvalue weighted by atomic mass is 10.1. The van der Waals surface area contributed by atoms with Crippen molar-refractivity contribution in [3.63, 3.8) is 0 Å². The molecule has 1 unspecified atom stereocenters.